The van der Waals surface area contributed by atoms with Crippen LogP contribution in [0, 0.1) is 13.8 Å². The van der Waals surface area contributed by atoms with Crippen LogP contribution >= 0.6 is 22.9 Å². The van der Waals surface area contributed by atoms with E-state index in [1.165, 1.54) is 21.0 Å². The number of rotatable bonds is 4. The first-order chi connectivity index (χ1) is 12.0. The summed E-state index contributed by atoms with van der Waals surface area (Å²) in [4.78, 5) is 25.0. The molecule has 6 nitrogen and oxygen atoms in total. The van der Waals surface area contributed by atoms with Crippen LogP contribution in [0.3, 0.4) is 0 Å². The number of nitrogens with zero attached hydrogens (tertiary/aromatic N) is 2. The number of carbonyl (C=O) groups is 2. The van der Waals surface area contributed by atoms with Crippen LogP contribution in [0.5, 0.6) is 0 Å². The van der Waals surface area contributed by atoms with Gasteiger partial charge in [-0.1, -0.05) is 11.6 Å². The maximum atomic E-state index is 12.9. The lowest BCUT2D eigenvalue weighted by atomic mass is 10.2. The van der Waals surface area contributed by atoms with Crippen LogP contribution in [0.1, 0.15) is 39.6 Å². The standard InChI is InChI=1S/C15H15ClF3N3O3S/c1-6-5-9(14(24)25-4)13(26-6)20-12(23)8(3)22-7(2)10(16)11(21-22)15(17,18)19/h5,8H,1-4H3,(H,20,23). The third-order valence-corrected chi connectivity index (χ3v) is 5.01. The van der Waals surface area contributed by atoms with E-state index >= 15 is 0 Å². The van der Waals surface area contributed by atoms with Crippen molar-refractivity contribution in [1.29, 1.82) is 0 Å². The normalized spacial score (nSPS) is 12.8. The van der Waals surface area contributed by atoms with Crippen LogP contribution in [0.25, 0.3) is 0 Å². The number of alkyl halides is 3. The summed E-state index contributed by atoms with van der Waals surface area (Å²) in [6.07, 6.45) is -4.73. The van der Waals surface area contributed by atoms with Crippen molar-refractivity contribution in [2.24, 2.45) is 0 Å². The summed E-state index contributed by atoms with van der Waals surface area (Å²) in [7, 11) is 1.21. The first-order valence-corrected chi connectivity index (χ1v) is 8.48. The summed E-state index contributed by atoms with van der Waals surface area (Å²) >= 11 is 6.85. The third-order valence-electron chi connectivity index (χ3n) is 3.59. The number of hydrogen-bond acceptors (Lipinski definition) is 5. The number of aromatic nitrogens is 2. The number of hydrogen-bond donors (Lipinski definition) is 1. The molecule has 0 spiro atoms. The molecule has 0 radical (unpaired) electrons. The molecule has 0 saturated carbocycles. The summed E-state index contributed by atoms with van der Waals surface area (Å²) in [6, 6.07) is 0.464. The molecular formula is C15H15ClF3N3O3S. The fourth-order valence-corrected chi connectivity index (χ4v) is 3.39. The lowest BCUT2D eigenvalue weighted by Crippen LogP contribution is -2.26. The van der Waals surface area contributed by atoms with Crippen LogP contribution < -0.4 is 5.32 Å². The van der Waals surface area contributed by atoms with Gasteiger partial charge in [0.05, 0.1) is 23.4 Å². The first-order valence-electron chi connectivity index (χ1n) is 7.28. The fraction of sp³-hybridized carbons (Fsp3) is 0.400. The Bertz CT molecular complexity index is 860. The number of carbonyl (C=O) groups excluding carboxylic acids is 2. The smallest absolute Gasteiger partial charge is 0.436 e. The molecule has 2 heterocycles. The molecule has 1 N–H and O–H groups in total. The van der Waals surface area contributed by atoms with Gasteiger partial charge >= 0.3 is 12.1 Å². The molecule has 2 aromatic heterocycles. The van der Waals surface area contributed by atoms with Crippen molar-refractivity contribution in [1.82, 2.24) is 9.78 Å². The average Bonchev–Trinajstić information content (AvgIpc) is 3.06. The zero-order chi connectivity index (χ0) is 19.8. The highest BCUT2D eigenvalue weighted by molar-refractivity contribution is 7.16. The van der Waals surface area contributed by atoms with Gasteiger partial charge < -0.3 is 10.1 Å². The number of thiophene rings is 1. The van der Waals surface area contributed by atoms with Crippen molar-refractivity contribution in [2.75, 3.05) is 12.4 Å². The van der Waals surface area contributed by atoms with Crippen molar-refractivity contribution in [3.63, 3.8) is 0 Å². The first kappa shape index (κ1) is 20.2. The number of anilines is 1. The Labute approximate surface area is 155 Å². The molecule has 0 aromatic carbocycles. The monoisotopic (exact) mass is 409 g/mol. The Hall–Kier alpha value is -2.07. The SMILES string of the molecule is COC(=O)c1cc(C)sc1NC(=O)C(C)n1nc(C(F)(F)F)c(Cl)c1C. The van der Waals surface area contributed by atoms with E-state index in [2.05, 4.69) is 15.2 Å². The van der Waals surface area contributed by atoms with Crippen molar-refractivity contribution in [3.8, 4) is 0 Å². The lowest BCUT2D eigenvalue weighted by Gasteiger charge is -2.14. The highest BCUT2D eigenvalue weighted by atomic mass is 35.5. The number of ether oxygens (including phenoxy) is 1. The minimum atomic E-state index is -4.73. The maximum Gasteiger partial charge on any atom is 0.436 e. The fourth-order valence-electron chi connectivity index (χ4n) is 2.25. The van der Waals surface area contributed by atoms with E-state index < -0.39 is 34.8 Å². The molecule has 1 amide bonds. The molecule has 0 fully saturated rings. The van der Waals surface area contributed by atoms with Crippen LogP contribution in [0.15, 0.2) is 6.07 Å². The zero-order valence-electron chi connectivity index (χ0n) is 14.2. The predicted octanol–water partition coefficient (Wildman–Crippen LogP) is 4.22. The summed E-state index contributed by atoms with van der Waals surface area (Å²) < 4.78 is 44.3. The van der Waals surface area contributed by atoms with Crippen LogP contribution in [0.4, 0.5) is 18.2 Å². The molecule has 11 heteroatoms. The molecular weight excluding hydrogens is 395 g/mol. The Balaban J connectivity index is 2.31. The summed E-state index contributed by atoms with van der Waals surface area (Å²) in [5, 5.41) is 5.66. The number of halogens is 4. The summed E-state index contributed by atoms with van der Waals surface area (Å²) in [5.74, 6) is -1.28. The van der Waals surface area contributed by atoms with E-state index in [1.807, 2.05) is 0 Å². The van der Waals surface area contributed by atoms with E-state index in [0.29, 0.717) is 0 Å². The van der Waals surface area contributed by atoms with E-state index in [9.17, 15) is 22.8 Å². The Morgan fingerprint density at radius 1 is 1.38 bits per heavy atom. The van der Waals surface area contributed by atoms with E-state index in [0.717, 1.165) is 20.9 Å². The average molecular weight is 410 g/mol. The van der Waals surface area contributed by atoms with Gasteiger partial charge in [-0.3, -0.25) is 9.48 Å². The summed E-state index contributed by atoms with van der Waals surface area (Å²) in [5.41, 5.74) is -1.07. The van der Waals surface area contributed by atoms with Gasteiger partial charge in [0.2, 0.25) is 5.91 Å². The second-order valence-corrected chi connectivity index (χ2v) is 7.08. The molecule has 0 bridgehead atoms. The number of aryl methyl sites for hydroxylation is 1. The molecule has 26 heavy (non-hydrogen) atoms. The van der Waals surface area contributed by atoms with Gasteiger partial charge in [0.15, 0.2) is 5.69 Å². The van der Waals surface area contributed by atoms with Crippen molar-refractivity contribution in [2.45, 2.75) is 33.0 Å². The molecule has 0 aliphatic heterocycles. The van der Waals surface area contributed by atoms with E-state index in [1.54, 1.807) is 13.0 Å². The molecule has 2 aromatic rings. The molecule has 0 saturated heterocycles. The molecule has 0 aliphatic carbocycles. The minimum absolute atomic E-state index is 0.0113. The van der Waals surface area contributed by atoms with Gasteiger partial charge in [-0.05, 0) is 26.8 Å². The highest BCUT2D eigenvalue weighted by Crippen LogP contribution is 2.36. The van der Waals surface area contributed by atoms with Gasteiger partial charge in [-0.25, -0.2) is 4.79 Å². The number of esters is 1. The number of nitrogens with one attached hydrogen (secondary N) is 1. The topological polar surface area (TPSA) is 73.2 Å². The van der Waals surface area contributed by atoms with Gasteiger partial charge in [0.1, 0.15) is 11.0 Å². The molecule has 0 aliphatic rings. The third kappa shape index (κ3) is 3.85. The quantitative estimate of drug-likeness (QED) is 0.767. The van der Waals surface area contributed by atoms with Gasteiger partial charge in [0.25, 0.3) is 0 Å². The van der Waals surface area contributed by atoms with E-state index in [4.69, 9.17) is 11.6 Å². The molecule has 1 atom stereocenters. The number of amides is 1. The molecule has 2 rings (SSSR count). The van der Waals surface area contributed by atoms with Gasteiger partial charge in [-0.2, -0.15) is 18.3 Å². The van der Waals surface area contributed by atoms with E-state index in [-0.39, 0.29) is 16.3 Å². The second kappa shape index (κ2) is 7.28. The highest BCUT2D eigenvalue weighted by Gasteiger charge is 2.39. The predicted molar refractivity (Wildman–Crippen MR) is 90.7 cm³/mol. The minimum Gasteiger partial charge on any atom is -0.465 e. The van der Waals surface area contributed by atoms with Crippen molar-refractivity contribution >= 4 is 39.8 Å². The maximum absolute atomic E-state index is 12.9. The zero-order valence-corrected chi connectivity index (χ0v) is 15.8. The van der Waals surface area contributed by atoms with Crippen LogP contribution in [-0.2, 0) is 15.7 Å². The van der Waals surface area contributed by atoms with Crippen LogP contribution in [0.2, 0.25) is 5.02 Å². The van der Waals surface area contributed by atoms with Crippen LogP contribution in [-0.4, -0.2) is 28.8 Å². The molecule has 1 unspecified atom stereocenters. The second-order valence-electron chi connectivity index (χ2n) is 5.45. The van der Waals surface area contributed by atoms with Gasteiger partial charge in [0, 0.05) is 4.88 Å². The Morgan fingerprint density at radius 3 is 2.50 bits per heavy atom. The van der Waals surface area contributed by atoms with Gasteiger partial charge in [-0.15, -0.1) is 11.3 Å². The Morgan fingerprint density at radius 2 is 2.00 bits per heavy atom. The Kier molecular flexibility index (Phi) is 5.67. The summed E-state index contributed by atoms with van der Waals surface area (Å²) in [6.45, 7) is 4.46. The lowest BCUT2D eigenvalue weighted by molar-refractivity contribution is -0.141. The van der Waals surface area contributed by atoms with Crippen molar-refractivity contribution in [3.05, 3.63) is 32.9 Å². The molecule has 142 valence electrons. The van der Waals surface area contributed by atoms with Crippen molar-refractivity contribution < 1.29 is 27.5 Å². The largest absolute Gasteiger partial charge is 0.465 e. The number of methoxy groups -OCH3 is 1.